The lowest BCUT2D eigenvalue weighted by Gasteiger charge is -2.06. The molecule has 4 rings (SSSR count). The fraction of sp³-hybridized carbons (Fsp3) is 0.188. The maximum absolute atomic E-state index is 11.8. The number of nitrogens with one attached hydrogen (secondary N) is 1. The Morgan fingerprint density at radius 3 is 2.90 bits per heavy atom. The SMILES string of the molecule is O=c1cc(-c2cccc3ncccc23)nc(C2CC2)[nH]1. The van der Waals surface area contributed by atoms with Crippen LogP contribution in [0.1, 0.15) is 24.6 Å². The minimum Gasteiger partial charge on any atom is -0.310 e. The van der Waals surface area contributed by atoms with Crippen LogP contribution in [0, 0.1) is 0 Å². The Kier molecular flexibility index (Phi) is 2.42. The van der Waals surface area contributed by atoms with Crippen LogP contribution in [0.5, 0.6) is 0 Å². The van der Waals surface area contributed by atoms with Gasteiger partial charge in [-0.1, -0.05) is 18.2 Å². The van der Waals surface area contributed by atoms with Gasteiger partial charge in [0.05, 0.1) is 11.2 Å². The predicted molar refractivity (Wildman–Crippen MR) is 77.6 cm³/mol. The van der Waals surface area contributed by atoms with Crippen LogP contribution in [-0.4, -0.2) is 15.0 Å². The molecule has 1 aliphatic rings. The van der Waals surface area contributed by atoms with Crippen LogP contribution in [0.2, 0.25) is 0 Å². The van der Waals surface area contributed by atoms with Gasteiger partial charge in [0.1, 0.15) is 5.82 Å². The number of rotatable bonds is 2. The van der Waals surface area contributed by atoms with Crippen molar-refractivity contribution in [1.82, 2.24) is 15.0 Å². The summed E-state index contributed by atoms with van der Waals surface area (Å²) in [5, 5.41) is 1.02. The Balaban J connectivity index is 1.97. The van der Waals surface area contributed by atoms with E-state index in [9.17, 15) is 4.79 Å². The number of aromatic amines is 1. The highest BCUT2D eigenvalue weighted by Gasteiger charge is 2.26. The first kappa shape index (κ1) is 11.3. The number of benzene rings is 1. The Bertz CT molecular complexity index is 844. The van der Waals surface area contributed by atoms with Crippen LogP contribution >= 0.6 is 0 Å². The van der Waals surface area contributed by atoms with Crippen molar-refractivity contribution in [2.24, 2.45) is 0 Å². The van der Waals surface area contributed by atoms with Crippen molar-refractivity contribution in [3.8, 4) is 11.3 Å². The van der Waals surface area contributed by atoms with Crippen molar-refractivity contribution in [2.75, 3.05) is 0 Å². The van der Waals surface area contributed by atoms with Gasteiger partial charge in [-0.05, 0) is 25.0 Å². The summed E-state index contributed by atoms with van der Waals surface area (Å²) in [5.74, 6) is 1.24. The normalized spacial score (nSPS) is 14.6. The van der Waals surface area contributed by atoms with E-state index in [1.807, 2.05) is 30.3 Å². The van der Waals surface area contributed by atoms with Crippen LogP contribution in [-0.2, 0) is 0 Å². The summed E-state index contributed by atoms with van der Waals surface area (Å²) < 4.78 is 0. The Labute approximate surface area is 115 Å². The molecule has 1 aromatic carbocycles. The lowest BCUT2D eigenvalue weighted by Crippen LogP contribution is -2.10. The third kappa shape index (κ3) is 1.90. The van der Waals surface area contributed by atoms with Crippen LogP contribution in [0.25, 0.3) is 22.2 Å². The van der Waals surface area contributed by atoms with E-state index in [1.54, 1.807) is 12.3 Å². The molecule has 4 nitrogen and oxygen atoms in total. The standard InChI is InChI=1S/C16H13N3O/c20-15-9-14(18-16(19-15)10-6-7-10)12-3-1-5-13-11(12)4-2-8-17-13/h1-5,8-10H,6-7H2,(H,18,19,20). The molecule has 0 saturated heterocycles. The van der Waals surface area contributed by atoms with Gasteiger partial charge >= 0.3 is 0 Å². The van der Waals surface area contributed by atoms with Crippen LogP contribution < -0.4 is 5.56 Å². The first-order valence-electron chi connectivity index (χ1n) is 6.77. The predicted octanol–water partition coefficient (Wildman–Crippen LogP) is 2.86. The zero-order chi connectivity index (χ0) is 13.5. The second-order valence-electron chi connectivity index (χ2n) is 5.17. The van der Waals surface area contributed by atoms with Gasteiger partial charge in [0.15, 0.2) is 0 Å². The van der Waals surface area contributed by atoms with E-state index >= 15 is 0 Å². The molecule has 0 atom stereocenters. The van der Waals surface area contributed by atoms with E-state index in [-0.39, 0.29) is 5.56 Å². The molecule has 0 bridgehead atoms. The van der Waals surface area contributed by atoms with Gasteiger partial charge in [-0.15, -0.1) is 0 Å². The van der Waals surface area contributed by atoms with E-state index < -0.39 is 0 Å². The number of fused-ring (bicyclic) bond motifs is 1. The Hall–Kier alpha value is -2.49. The van der Waals surface area contributed by atoms with E-state index in [4.69, 9.17) is 0 Å². The summed E-state index contributed by atoms with van der Waals surface area (Å²) in [7, 11) is 0. The highest BCUT2D eigenvalue weighted by Crippen LogP contribution is 2.38. The molecule has 1 fully saturated rings. The lowest BCUT2D eigenvalue weighted by atomic mass is 10.1. The minimum absolute atomic E-state index is 0.0854. The molecular weight excluding hydrogens is 250 g/mol. The van der Waals surface area contributed by atoms with Crippen molar-refractivity contribution in [1.29, 1.82) is 0 Å². The quantitative estimate of drug-likeness (QED) is 0.773. The summed E-state index contributed by atoms with van der Waals surface area (Å²) in [6, 6.07) is 11.4. The number of hydrogen-bond acceptors (Lipinski definition) is 3. The van der Waals surface area contributed by atoms with Crippen molar-refractivity contribution < 1.29 is 0 Å². The van der Waals surface area contributed by atoms with Crippen molar-refractivity contribution in [2.45, 2.75) is 18.8 Å². The molecule has 1 saturated carbocycles. The van der Waals surface area contributed by atoms with Crippen LogP contribution in [0.4, 0.5) is 0 Å². The van der Waals surface area contributed by atoms with E-state index in [1.165, 1.54) is 0 Å². The van der Waals surface area contributed by atoms with Crippen LogP contribution in [0.3, 0.4) is 0 Å². The molecule has 20 heavy (non-hydrogen) atoms. The highest BCUT2D eigenvalue weighted by molar-refractivity contribution is 5.93. The van der Waals surface area contributed by atoms with Gasteiger partial charge in [0.2, 0.25) is 0 Å². The summed E-state index contributed by atoms with van der Waals surface area (Å²) >= 11 is 0. The van der Waals surface area contributed by atoms with E-state index in [0.29, 0.717) is 5.92 Å². The molecule has 0 aliphatic heterocycles. The number of aromatic nitrogens is 3. The maximum Gasteiger partial charge on any atom is 0.251 e. The zero-order valence-electron chi connectivity index (χ0n) is 10.8. The van der Waals surface area contributed by atoms with E-state index in [0.717, 1.165) is 40.8 Å². The van der Waals surface area contributed by atoms with E-state index in [2.05, 4.69) is 15.0 Å². The average Bonchev–Trinajstić information content (AvgIpc) is 3.30. The number of hydrogen-bond donors (Lipinski definition) is 1. The lowest BCUT2D eigenvalue weighted by molar-refractivity contribution is 0.912. The molecule has 0 radical (unpaired) electrons. The third-order valence-electron chi connectivity index (χ3n) is 3.65. The van der Waals surface area contributed by atoms with Gasteiger partial charge in [-0.2, -0.15) is 0 Å². The molecular formula is C16H13N3O. The second-order valence-corrected chi connectivity index (χ2v) is 5.17. The summed E-state index contributed by atoms with van der Waals surface area (Å²) in [6.45, 7) is 0. The molecule has 0 amide bonds. The molecule has 2 heterocycles. The highest BCUT2D eigenvalue weighted by atomic mass is 16.1. The van der Waals surface area contributed by atoms with Crippen molar-refractivity contribution >= 4 is 10.9 Å². The molecule has 1 aliphatic carbocycles. The zero-order valence-corrected chi connectivity index (χ0v) is 10.8. The molecule has 2 aromatic heterocycles. The third-order valence-corrected chi connectivity index (χ3v) is 3.65. The second kappa shape index (κ2) is 4.27. The molecule has 1 N–H and O–H groups in total. The number of nitrogens with zero attached hydrogens (tertiary/aromatic N) is 2. The largest absolute Gasteiger partial charge is 0.310 e. The van der Waals surface area contributed by atoms with Gasteiger partial charge < -0.3 is 4.98 Å². The summed E-state index contributed by atoms with van der Waals surface area (Å²) in [6.07, 6.45) is 4.00. The topological polar surface area (TPSA) is 58.6 Å². The monoisotopic (exact) mass is 263 g/mol. The van der Waals surface area contributed by atoms with Crippen LogP contribution in [0.15, 0.2) is 47.4 Å². The van der Waals surface area contributed by atoms with Crippen molar-refractivity contribution in [3.05, 3.63) is 58.8 Å². The van der Waals surface area contributed by atoms with Gasteiger partial charge in [0.25, 0.3) is 5.56 Å². The minimum atomic E-state index is -0.0854. The summed E-state index contributed by atoms with van der Waals surface area (Å²) in [5.41, 5.74) is 2.52. The van der Waals surface area contributed by atoms with Gasteiger partial charge in [0, 0.05) is 29.1 Å². The molecule has 0 spiro atoms. The Morgan fingerprint density at radius 1 is 1.15 bits per heavy atom. The Morgan fingerprint density at radius 2 is 2.05 bits per heavy atom. The molecule has 3 aromatic rings. The first-order chi connectivity index (χ1) is 9.81. The summed E-state index contributed by atoms with van der Waals surface area (Å²) in [4.78, 5) is 23.7. The fourth-order valence-corrected chi connectivity index (χ4v) is 2.49. The fourth-order valence-electron chi connectivity index (χ4n) is 2.49. The smallest absolute Gasteiger partial charge is 0.251 e. The average molecular weight is 263 g/mol. The molecule has 98 valence electrons. The number of pyridine rings is 1. The number of H-pyrrole nitrogens is 1. The first-order valence-corrected chi connectivity index (χ1v) is 6.77. The van der Waals surface area contributed by atoms with Gasteiger partial charge in [-0.25, -0.2) is 4.98 Å². The van der Waals surface area contributed by atoms with Crippen molar-refractivity contribution in [3.63, 3.8) is 0 Å². The molecule has 4 heteroatoms. The van der Waals surface area contributed by atoms with Gasteiger partial charge in [-0.3, -0.25) is 9.78 Å². The maximum atomic E-state index is 11.8. The molecule has 0 unspecified atom stereocenters.